The van der Waals surface area contributed by atoms with Gasteiger partial charge in [0.05, 0.1) is 18.8 Å². The van der Waals surface area contributed by atoms with E-state index in [0.29, 0.717) is 12.0 Å². The number of hydrogen-bond donors (Lipinski definition) is 2. The lowest BCUT2D eigenvalue weighted by Crippen LogP contribution is -2.37. The second-order valence-electron chi connectivity index (χ2n) is 4.11. The minimum atomic E-state index is -0.0290. The summed E-state index contributed by atoms with van der Waals surface area (Å²) in [7, 11) is 0. The van der Waals surface area contributed by atoms with E-state index in [1.807, 2.05) is 13.8 Å². The summed E-state index contributed by atoms with van der Waals surface area (Å²) in [6.45, 7) is 6.82. The third kappa shape index (κ3) is 4.60. The van der Waals surface area contributed by atoms with Gasteiger partial charge in [0.2, 0.25) is 0 Å². The highest BCUT2D eigenvalue weighted by atomic mass is 16.5. The van der Waals surface area contributed by atoms with Crippen molar-refractivity contribution in [3.8, 4) is 0 Å². The maximum absolute atomic E-state index is 9.04. The molecule has 13 heavy (non-hydrogen) atoms. The molecule has 3 nitrogen and oxygen atoms in total. The van der Waals surface area contributed by atoms with Gasteiger partial charge in [-0.15, -0.1) is 0 Å². The van der Waals surface area contributed by atoms with Crippen LogP contribution in [-0.2, 0) is 4.74 Å². The van der Waals surface area contributed by atoms with Crippen molar-refractivity contribution in [1.82, 2.24) is 5.32 Å². The molecule has 0 atom stereocenters. The summed E-state index contributed by atoms with van der Waals surface area (Å²) in [6.07, 6.45) is 2.24. The van der Waals surface area contributed by atoms with Gasteiger partial charge in [-0.2, -0.15) is 0 Å². The Morgan fingerprint density at radius 3 is 2.69 bits per heavy atom. The van der Waals surface area contributed by atoms with E-state index in [-0.39, 0.29) is 6.10 Å². The zero-order valence-corrected chi connectivity index (χ0v) is 8.62. The molecule has 0 heterocycles. The maximum atomic E-state index is 9.04. The van der Waals surface area contributed by atoms with E-state index in [1.165, 1.54) is 0 Å². The molecule has 1 fully saturated rings. The van der Waals surface area contributed by atoms with E-state index >= 15 is 0 Å². The molecule has 0 saturated heterocycles. The highest BCUT2D eigenvalue weighted by Crippen LogP contribution is 2.25. The van der Waals surface area contributed by atoms with Crippen LogP contribution in [0.2, 0.25) is 0 Å². The summed E-state index contributed by atoms with van der Waals surface area (Å²) < 4.78 is 5.38. The summed E-state index contributed by atoms with van der Waals surface area (Å²) in [5.74, 6) is 0.689. The van der Waals surface area contributed by atoms with E-state index in [1.54, 1.807) is 0 Å². The van der Waals surface area contributed by atoms with Crippen molar-refractivity contribution in [1.29, 1.82) is 0 Å². The fourth-order valence-corrected chi connectivity index (χ4v) is 1.54. The van der Waals surface area contributed by atoms with Gasteiger partial charge in [-0.05, 0) is 39.2 Å². The van der Waals surface area contributed by atoms with Crippen LogP contribution in [0, 0.1) is 5.92 Å². The zero-order chi connectivity index (χ0) is 9.68. The van der Waals surface area contributed by atoms with Gasteiger partial charge in [0.15, 0.2) is 0 Å². The van der Waals surface area contributed by atoms with Crippen molar-refractivity contribution in [3.05, 3.63) is 0 Å². The normalized spacial score (nSPS) is 27.7. The molecular formula is C10H21NO2. The highest BCUT2D eigenvalue weighted by molar-refractivity contribution is 4.79. The molecule has 0 unspecified atom stereocenters. The van der Waals surface area contributed by atoms with Crippen LogP contribution in [0.5, 0.6) is 0 Å². The Hall–Kier alpha value is -0.120. The first-order valence-corrected chi connectivity index (χ1v) is 5.19. The fourth-order valence-electron chi connectivity index (χ4n) is 1.54. The first-order chi connectivity index (χ1) is 6.18. The van der Waals surface area contributed by atoms with Gasteiger partial charge in [0.25, 0.3) is 0 Å². The van der Waals surface area contributed by atoms with Crippen molar-refractivity contribution in [3.63, 3.8) is 0 Å². The Morgan fingerprint density at radius 2 is 2.15 bits per heavy atom. The van der Waals surface area contributed by atoms with Gasteiger partial charge in [0.1, 0.15) is 0 Å². The summed E-state index contributed by atoms with van der Waals surface area (Å²) in [5.41, 5.74) is 0. The Labute approximate surface area is 80.5 Å². The second-order valence-corrected chi connectivity index (χ2v) is 4.11. The van der Waals surface area contributed by atoms with Crippen molar-refractivity contribution < 1.29 is 9.84 Å². The molecule has 1 rings (SSSR count). The van der Waals surface area contributed by atoms with Crippen molar-refractivity contribution in [2.75, 3.05) is 19.7 Å². The number of nitrogens with one attached hydrogen (secondary N) is 1. The molecule has 1 aliphatic rings. The lowest BCUT2D eigenvalue weighted by Gasteiger charge is -2.31. The third-order valence-corrected chi connectivity index (χ3v) is 2.37. The Kier molecular flexibility index (Phi) is 4.70. The monoisotopic (exact) mass is 187 g/mol. The summed E-state index contributed by atoms with van der Waals surface area (Å²) in [5, 5.41) is 12.4. The highest BCUT2D eigenvalue weighted by Gasteiger charge is 2.26. The van der Waals surface area contributed by atoms with Crippen LogP contribution in [0.15, 0.2) is 0 Å². The molecule has 1 aliphatic carbocycles. The van der Waals surface area contributed by atoms with Crippen LogP contribution in [0.25, 0.3) is 0 Å². The lowest BCUT2D eigenvalue weighted by molar-refractivity contribution is 0.0401. The van der Waals surface area contributed by atoms with Crippen LogP contribution >= 0.6 is 0 Å². The van der Waals surface area contributed by atoms with E-state index < -0.39 is 0 Å². The van der Waals surface area contributed by atoms with E-state index in [2.05, 4.69) is 5.32 Å². The quantitative estimate of drug-likeness (QED) is 0.604. The zero-order valence-electron chi connectivity index (χ0n) is 8.62. The lowest BCUT2D eigenvalue weighted by atomic mass is 9.82. The molecule has 0 spiro atoms. The molecular weight excluding hydrogens is 166 g/mol. The van der Waals surface area contributed by atoms with Gasteiger partial charge in [0, 0.05) is 6.54 Å². The predicted octanol–water partition coefficient (Wildman–Crippen LogP) is 0.772. The third-order valence-electron chi connectivity index (χ3n) is 2.37. The van der Waals surface area contributed by atoms with Crippen molar-refractivity contribution in [2.45, 2.75) is 38.9 Å². The molecule has 0 aromatic carbocycles. The topological polar surface area (TPSA) is 41.5 Å². The second kappa shape index (κ2) is 5.58. The van der Waals surface area contributed by atoms with Gasteiger partial charge >= 0.3 is 0 Å². The minimum absolute atomic E-state index is 0.0290. The molecule has 0 bridgehead atoms. The number of ether oxygens (including phenoxy) is 1. The predicted molar refractivity (Wildman–Crippen MR) is 52.7 cm³/mol. The number of hydrogen-bond acceptors (Lipinski definition) is 3. The molecule has 0 amide bonds. The molecule has 0 radical (unpaired) electrons. The van der Waals surface area contributed by atoms with E-state index in [0.717, 1.165) is 32.5 Å². The Morgan fingerprint density at radius 1 is 1.46 bits per heavy atom. The summed E-state index contributed by atoms with van der Waals surface area (Å²) >= 11 is 0. The van der Waals surface area contributed by atoms with Crippen LogP contribution < -0.4 is 5.32 Å². The van der Waals surface area contributed by atoms with Gasteiger partial charge in [-0.25, -0.2) is 0 Å². The van der Waals surface area contributed by atoms with Crippen LogP contribution in [-0.4, -0.2) is 37.0 Å². The van der Waals surface area contributed by atoms with Crippen LogP contribution in [0.1, 0.15) is 26.7 Å². The smallest absolute Gasteiger partial charge is 0.0594 e. The summed E-state index contributed by atoms with van der Waals surface area (Å²) in [4.78, 5) is 0. The molecule has 3 heteroatoms. The number of aliphatic hydroxyl groups is 1. The first-order valence-electron chi connectivity index (χ1n) is 5.19. The van der Waals surface area contributed by atoms with Crippen LogP contribution in [0.3, 0.4) is 0 Å². The van der Waals surface area contributed by atoms with Gasteiger partial charge in [-0.1, -0.05) is 0 Å². The van der Waals surface area contributed by atoms with Gasteiger partial charge < -0.3 is 15.2 Å². The molecule has 2 N–H and O–H groups in total. The molecule has 78 valence electrons. The van der Waals surface area contributed by atoms with Crippen molar-refractivity contribution >= 4 is 0 Å². The summed E-state index contributed by atoms with van der Waals surface area (Å²) in [6, 6.07) is 0. The van der Waals surface area contributed by atoms with Gasteiger partial charge in [-0.3, -0.25) is 0 Å². The SMILES string of the molecule is CC(C)OCCNCC1CC(O)C1. The minimum Gasteiger partial charge on any atom is -0.393 e. The number of rotatable bonds is 6. The van der Waals surface area contributed by atoms with E-state index in [9.17, 15) is 0 Å². The Balaban J connectivity index is 1.79. The maximum Gasteiger partial charge on any atom is 0.0594 e. The molecule has 0 aromatic rings. The standard InChI is InChI=1S/C10H21NO2/c1-8(2)13-4-3-11-7-9-5-10(12)6-9/h8-12H,3-7H2,1-2H3. The van der Waals surface area contributed by atoms with Crippen molar-refractivity contribution in [2.24, 2.45) is 5.92 Å². The molecule has 0 aliphatic heterocycles. The molecule has 1 saturated carbocycles. The molecule has 0 aromatic heterocycles. The van der Waals surface area contributed by atoms with E-state index in [4.69, 9.17) is 9.84 Å². The van der Waals surface area contributed by atoms with Crippen LogP contribution in [0.4, 0.5) is 0 Å². The Bertz CT molecular complexity index is 133. The number of aliphatic hydroxyl groups excluding tert-OH is 1. The largest absolute Gasteiger partial charge is 0.393 e. The average molecular weight is 187 g/mol. The fraction of sp³-hybridized carbons (Fsp3) is 1.00. The first kappa shape index (κ1) is 11.0. The average Bonchev–Trinajstić information content (AvgIpc) is 1.99.